The molecule has 0 amide bonds. The summed E-state index contributed by atoms with van der Waals surface area (Å²) in [6.07, 6.45) is 10.7. The lowest BCUT2D eigenvalue weighted by Gasteiger charge is -2.18. The second-order valence-corrected chi connectivity index (χ2v) is 3.29. The van der Waals surface area contributed by atoms with Gasteiger partial charge in [-0.25, -0.2) is 0 Å². The molecule has 2 rings (SSSR count). The van der Waals surface area contributed by atoms with E-state index in [0.29, 0.717) is 6.04 Å². The number of rotatable bonds is 0. The quantitative estimate of drug-likeness (QED) is 0.452. The summed E-state index contributed by atoms with van der Waals surface area (Å²) in [5.41, 5.74) is 0. The van der Waals surface area contributed by atoms with Gasteiger partial charge in [0.1, 0.15) is 0 Å². The first kappa shape index (κ1) is 6.24. The van der Waals surface area contributed by atoms with Crippen LogP contribution in [0.3, 0.4) is 0 Å². The van der Waals surface area contributed by atoms with E-state index >= 15 is 0 Å². The van der Waals surface area contributed by atoms with Crippen LogP contribution in [0.15, 0.2) is 0 Å². The zero-order valence-electron chi connectivity index (χ0n) is 6.21. The number of nitrogens with zero attached hydrogens (tertiary/aromatic N) is 1. The minimum absolute atomic E-state index is 0.479. The second-order valence-electron chi connectivity index (χ2n) is 3.29. The number of hydrogen-bond donors (Lipinski definition) is 0. The second kappa shape index (κ2) is 2.29. The molecule has 2 unspecified atom stereocenters. The Morgan fingerprint density at radius 1 is 1.30 bits per heavy atom. The van der Waals surface area contributed by atoms with E-state index in [1.165, 1.54) is 32.2 Å². The van der Waals surface area contributed by atoms with Gasteiger partial charge in [-0.2, -0.15) is 0 Å². The monoisotopic (exact) mass is 135 g/mol. The van der Waals surface area contributed by atoms with Gasteiger partial charge in [-0.1, -0.05) is 5.92 Å². The minimum Gasteiger partial charge on any atom is -0.287 e. The molecule has 2 aliphatic heterocycles. The fourth-order valence-electron chi connectivity index (χ4n) is 2.27. The molecule has 1 heteroatoms. The predicted octanol–water partition coefficient (Wildman–Crippen LogP) is 1.25. The van der Waals surface area contributed by atoms with Gasteiger partial charge in [0.25, 0.3) is 0 Å². The van der Waals surface area contributed by atoms with E-state index in [4.69, 9.17) is 6.42 Å². The Morgan fingerprint density at radius 2 is 2.20 bits per heavy atom. The van der Waals surface area contributed by atoms with E-state index < -0.39 is 0 Å². The maximum absolute atomic E-state index is 5.40. The maximum atomic E-state index is 5.40. The van der Waals surface area contributed by atoms with Crippen molar-refractivity contribution in [2.45, 2.75) is 37.8 Å². The Hall–Kier alpha value is -0.480. The zero-order chi connectivity index (χ0) is 6.97. The molecule has 0 aromatic heterocycles. The third kappa shape index (κ3) is 0.759. The molecule has 1 nitrogen and oxygen atoms in total. The summed E-state index contributed by atoms with van der Waals surface area (Å²) in [5, 5.41) is 0. The Kier molecular flexibility index (Phi) is 1.43. The normalized spacial score (nSPS) is 39.5. The van der Waals surface area contributed by atoms with Crippen molar-refractivity contribution in [1.82, 2.24) is 4.90 Å². The highest BCUT2D eigenvalue weighted by Gasteiger charge is 2.35. The van der Waals surface area contributed by atoms with Crippen molar-refractivity contribution in [2.75, 3.05) is 6.54 Å². The van der Waals surface area contributed by atoms with Gasteiger partial charge in [0.05, 0.1) is 6.04 Å². The van der Waals surface area contributed by atoms with E-state index in [2.05, 4.69) is 10.8 Å². The Labute approximate surface area is 62.4 Å². The van der Waals surface area contributed by atoms with Crippen LogP contribution in [0.2, 0.25) is 0 Å². The molecule has 0 spiro atoms. The van der Waals surface area contributed by atoms with Gasteiger partial charge in [0.15, 0.2) is 0 Å². The van der Waals surface area contributed by atoms with E-state index in [1.54, 1.807) is 0 Å². The molecule has 10 heavy (non-hydrogen) atoms. The van der Waals surface area contributed by atoms with E-state index in [1.807, 2.05) is 0 Å². The van der Waals surface area contributed by atoms with Gasteiger partial charge < -0.3 is 0 Å². The lowest BCUT2D eigenvalue weighted by atomic mass is 10.1. The third-order valence-corrected chi connectivity index (χ3v) is 2.79. The average Bonchev–Trinajstić information content (AvgIpc) is 2.44. The molecule has 0 N–H and O–H groups in total. The summed E-state index contributed by atoms with van der Waals surface area (Å²) in [6, 6.07) is 1.33. The summed E-state index contributed by atoms with van der Waals surface area (Å²) in [7, 11) is 0. The van der Waals surface area contributed by atoms with Gasteiger partial charge in [-0.05, 0) is 32.2 Å². The first-order valence-electron chi connectivity index (χ1n) is 4.13. The molecule has 2 atom stereocenters. The van der Waals surface area contributed by atoms with Crippen LogP contribution in [-0.4, -0.2) is 23.5 Å². The molecular formula is C9H13N. The fraction of sp³-hybridized carbons (Fsp3) is 0.778. The number of hydrogen-bond acceptors (Lipinski definition) is 1. The van der Waals surface area contributed by atoms with Crippen LogP contribution in [0.4, 0.5) is 0 Å². The van der Waals surface area contributed by atoms with Crippen molar-refractivity contribution in [3.05, 3.63) is 0 Å². The predicted molar refractivity (Wildman–Crippen MR) is 41.6 cm³/mol. The van der Waals surface area contributed by atoms with Crippen molar-refractivity contribution in [3.63, 3.8) is 0 Å². The van der Waals surface area contributed by atoms with Crippen LogP contribution in [0.1, 0.15) is 25.7 Å². The maximum Gasteiger partial charge on any atom is 0.0714 e. The summed E-state index contributed by atoms with van der Waals surface area (Å²) >= 11 is 0. The van der Waals surface area contributed by atoms with Gasteiger partial charge >= 0.3 is 0 Å². The Balaban J connectivity index is 2.10. The Morgan fingerprint density at radius 3 is 3.00 bits per heavy atom. The first-order valence-corrected chi connectivity index (χ1v) is 4.13. The fourth-order valence-corrected chi connectivity index (χ4v) is 2.27. The van der Waals surface area contributed by atoms with Crippen molar-refractivity contribution in [2.24, 2.45) is 0 Å². The molecule has 2 heterocycles. The van der Waals surface area contributed by atoms with Crippen LogP contribution in [0.5, 0.6) is 0 Å². The first-order chi connectivity index (χ1) is 4.92. The highest BCUT2D eigenvalue weighted by atomic mass is 15.2. The van der Waals surface area contributed by atoms with Gasteiger partial charge in [-0.15, -0.1) is 6.42 Å². The van der Waals surface area contributed by atoms with Crippen LogP contribution in [-0.2, 0) is 0 Å². The van der Waals surface area contributed by atoms with Gasteiger partial charge in [0, 0.05) is 6.04 Å². The number of fused-ring (bicyclic) bond motifs is 1. The van der Waals surface area contributed by atoms with E-state index in [0.717, 1.165) is 6.04 Å². The molecule has 2 aliphatic rings. The van der Waals surface area contributed by atoms with E-state index in [-0.39, 0.29) is 0 Å². The molecule has 54 valence electrons. The summed E-state index contributed by atoms with van der Waals surface area (Å²) in [4.78, 5) is 2.50. The van der Waals surface area contributed by atoms with Gasteiger partial charge in [0.2, 0.25) is 0 Å². The van der Waals surface area contributed by atoms with Crippen LogP contribution < -0.4 is 0 Å². The highest BCUT2D eigenvalue weighted by Crippen LogP contribution is 2.31. The van der Waals surface area contributed by atoms with Crippen LogP contribution >= 0.6 is 0 Å². The van der Waals surface area contributed by atoms with Gasteiger partial charge in [-0.3, -0.25) is 4.90 Å². The van der Waals surface area contributed by atoms with Crippen molar-refractivity contribution in [3.8, 4) is 12.3 Å². The summed E-state index contributed by atoms with van der Waals surface area (Å²) < 4.78 is 0. The summed E-state index contributed by atoms with van der Waals surface area (Å²) in [6.45, 7) is 1.25. The van der Waals surface area contributed by atoms with Crippen LogP contribution in [0, 0.1) is 12.3 Å². The largest absolute Gasteiger partial charge is 0.287 e. The standard InChI is InChI=1S/C9H13N/c1-2-8-5-6-9-4-3-7-10(8)9/h1,8-9H,3-7H2. The zero-order valence-corrected chi connectivity index (χ0v) is 6.21. The molecule has 0 saturated carbocycles. The Bertz CT molecular complexity index is 168. The average molecular weight is 135 g/mol. The molecule has 0 aromatic carbocycles. The van der Waals surface area contributed by atoms with Crippen molar-refractivity contribution < 1.29 is 0 Å². The smallest absolute Gasteiger partial charge is 0.0714 e. The third-order valence-electron chi connectivity index (χ3n) is 2.79. The highest BCUT2D eigenvalue weighted by molar-refractivity contribution is 5.07. The molecular weight excluding hydrogens is 122 g/mol. The molecule has 2 saturated heterocycles. The topological polar surface area (TPSA) is 3.24 Å². The molecule has 0 radical (unpaired) electrons. The van der Waals surface area contributed by atoms with Crippen LogP contribution in [0.25, 0.3) is 0 Å². The molecule has 0 bridgehead atoms. The minimum atomic E-state index is 0.479. The SMILES string of the molecule is C#CC1CCC2CCCN12. The molecule has 0 aromatic rings. The molecule has 2 fully saturated rings. The lowest BCUT2D eigenvalue weighted by Crippen LogP contribution is -2.29. The summed E-state index contributed by atoms with van der Waals surface area (Å²) in [5.74, 6) is 2.86. The van der Waals surface area contributed by atoms with Crippen molar-refractivity contribution >= 4 is 0 Å². The molecule has 0 aliphatic carbocycles. The van der Waals surface area contributed by atoms with E-state index in [9.17, 15) is 0 Å². The lowest BCUT2D eigenvalue weighted by molar-refractivity contribution is 0.286. The van der Waals surface area contributed by atoms with Crippen molar-refractivity contribution in [1.29, 1.82) is 0 Å². The number of terminal acetylenes is 1.